The summed E-state index contributed by atoms with van der Waals surface area (Å²) >= 11 is 3.97. The van der Waals surface area contributed by atoms with Crippen LogP contribution in [0.5, 0.6) is 0 Å². The molecule has 1 aromatic rings. The predicted molar refractivity (Wildman–Crippen MR) is 80.9 cm³/mol. The molecule has 0 N–H and O–H groups in total. The highest BCUT2D eigenvalue weighted by atomic mass is 79.9. The van der Waals surface area contributed by atoms with Crippen LogP contribution in [-0.2, 0) is 4.32 Å². The molecule has 1 heteroatoms. The average Bonchev–Trinajstić information content (AvgIpc) is 2.15. The van der Waals surface area contributed by atoms with E-state index in [2.05, 4.69) is 69.3 Å². The summed E-state index contributed by atoms with van der Waals surface area (Å²) in [6, 6.07) is 4.54. The second kappa shape index (κ2) is 5.39. The lowest BCUT2D eigenvalue weighted by Crippen LogP contribution is -2.26. The van der Waals surface area contributed by atoms with Gasteiger partial charge >= 0.3 is 0 Å². The molecule has 1 aromatic carbocycles. The summed E-state index contributed by atoms with van der Waals surface area (Å²) < 4.78 is 0.0105. The van der Waals surface area contributed by atoms with Crippen molar-refractivity contribution in [3.8, 4) is 0 Å². The van der Waals surface area contributed by atoms with Crippen molar-refractivity contribution < 1.29 is 0 Å². The molecule has 1 atom stereocenters. The van der Waals surface area contributed by atoms with Gasteiger partial charge in [0.25, 0.3) is 0 Å². The number of aryl methyl sites for hydroxylation is 3. The van der Waals surface area contributed by atoms with E-state index < -0.39 is 0 Å². The van der Waals surface area contributed by atoms with E-state index in [1.165, 1.54) is 22.3 Å². The average molecular weight is 295 g/mol. The van der Waals surface area contributed by atoms with Crippen LogP contribution >= 0.6 is 15.9 Å². The Labute approximate surface area is 114 Å². The zero-order chi connectivity index (χ0) is 13.2. The monoisotopic (exact) mass is 294 g/mol. The Kier molecular flexibility index (Phi) is 4.60. The minimum Gasteiger partial charge on any atom is -0.103 e. The third-order valence-electron chi connectivity index (χ3n) is 3.45. The van der Waals surface area contributed by atoms with Crippen LogP contribution in [0.4, 0.5) is 0 Å². The van der Waals surface area contributed by atoms with Crippen molar-refractivity contribution in [3.05, 3.63) is 47.0 Å². The molecule has 0 saturated carbocycles. The molecule has 1 unspecified atom stereocenters. The second-order valence-electron chi connectivity index (χ2n) is 5.28. The van der Waals surface area contributed by atoms with Gasteiger partial charge in [-0.15, -0.1) is 6.58 Å². The van der Waals surface area contributed by atoms with Gasteiger partial charge in [0.1, 0.15) is 0 Å². The molecule has 0 radical (unpaired) electrons. The summed E-state index contributed by atoms with van der Waals surface area (Å²) in [5, 5.41) is 0. The molecule has 0 spiro atoms. The fourth-order valence-corrected chi connectivity index (χ4v) is 3.53. The third-order valence-corrected chi connectivity index (χ3v) is 5.09. The first-order chi connectivity index (χ1) is 7.82. The highest BCUT2D eigenvalue weighted by molar-refractivity contribution is 9.09. The molecule has 0 aliphatic carbocycles. The Hall–Kier alpha value is -0.560. The molecule has 0 nitrogen and oxygen atoms in total. The van der Waals surface area contributed by atoms with Crippen LogP contribution in [0.15, 0.2) is 24.8 Å². The van der Waals surface area contributed by atoms with Gasteiger partial charge in [-0.25, -0.2) is 0 Å². The Bertz CT molecular complexity index is 395. The lowest BCUT2D eigenvalue weighted by Gasteiger charge is -2.34. The zero-order valence-corrected chi connectivity index (χ0v) is 13.2. The second-order valence-corrected chi connectivity index (χ2v) is 6.70. The van der Waals surface area contributed by atoms with Crippen molar-refractivity contribution in [1.29, 1.82) is 0 Å². The van der Waals surface area contributed by atoms with E-state index in [0.29, 0.717) is 5.92 Å². The molecule has 0 aliphatic heterocycles. The van der Waals surface area contributed by atoms with Gasteiger partial charge in [0.2, 0.25) is 0 Å². The molecule has 0 aliphatic rings. The number of alkyl halides is 1. The molecule has 1 rings (SSSR count). The van der Waals surface area contributed by atoms with E-state index in [1.54, 1.807) is 0 Å². The summed E-state index contributed by atoms with van der Waals surface area (Å²) in [6.07, 6.45) is 2.96. The van der Waals surface area contributed by atoms with Crippen LogP contribution in [0.2, 0.25) is 0 Å². The Balaban J connectivity index is 3.43. The number of allylic oxidation sites excluding steroid dienone is 1. The van der Waals surface area contributed by atoms with Gasteiger partial charge in [-0.3, -0.25) is 0 Å². The molecule has 0 fully saturated rings. The van der Waals surface area contributed by atoms with Crippen LogP contribution in [0, 0.1) is 26.7 Å². The number of rotatable bonds is 4. The predicted octanol–water partition coefficient (Wildman–Crippen LogP) is 5.43. The maximum absolute atomic E-state index is 3.97. The van der Waals surface area contributed by atoms with Crippen LogP contribution in [0.25, 0.3) is 0 Å². The van der Waals surface area contributed by atoms with Crippen LogP contribution in [0.1, 0.15) is 42.5 Å². The summed E-state index contributed by atoms with van der Waals surface area (Å²) in [5.74, 6) is 0.528. The standard InChI is InChI=1S/C16H23Br/c1-7-8-16(17,11(2)3)15-13(5)9-12(4)10-14(15)6/h7,9-11H,1,8H2,2-6H3. The SMILES string of the molecule is C=CCC(Br)(c1c(C)cc(C)cc1C)C(C)C. The van der Waals surface area contributed by atoms with Crippen LogP contribution in [-0.4, -0.2) is 0 Å². The van der Waals surface area contributed by atoms with Gasteiger partial charge in [0.05, 0.1) is 4.32 Å². The van der Waals surface area contributed by atoms with E-state index in [9.17, 15) is 0 Å². The van der Waals surface area contributed by atoms with Crippen molar-refractivity contribution in [2.75, 3.05) is 0 Å². The van der Waals surface area contributed by atoms with Crippen molar-refractivity contribution in [2.24, 2.45) is 5.92 Å². The van der Waals surface area contributed by atoms with Crippen LogP contribution in [0.3, 0.4) is 0 Å². The number of benzene rings is 1. The normalized spacial score (nSPS) is 14.8. The van der Waals surface area contributed by atoms with Gasteiger partial charge in [-0.05, 0) is 49.8 Å². The molecule has 94 valence electrons. The highest BCUT2D eigenvalue weighted by Crippen LogP contribution is 2.45. The number of hydrogen-bond donors (Lipinski definition) is 0. The minimum atomic E-state index is 0.0105. The van der Waals surface area contributed by atoms with Crippen molar-refractivity contribution >= 4 is 15.9 Å². The van der Waals surface area contributed by atoms with E-state index in [0.717, 1.165) is 6.42 Å². The molecule has 0 aromatic heterocycles. The Morgan fingerprint density at radius 2 is 1.71 bits per heavy atom. The van der Waals surface area contributed by atoms with Gasteiger partial charge in [0, 0.05) is 0 Å². The lowest BCUT2D eigenvalue weighted by atomic mass is 9.80. The minimum absolute atomic E-state index is 0.0105. The largest absolute Gasteiger partial charge is 0.103 e. The fourth-order valence-electron chi connectivity index (χ4n) is 2.67. The molecule has 0 amide bonds. The van der Waals surface area contributed by atoms with Gasteiger partial charge in [-0.2, -0.15) is 0 Å². The summed E-state index contributed by atoms with van der Waals surface area (Å²) in [5.41, 5.74) is 5.50. The smallest absolute Gasteiger partial charge is 0.0568 e. The van der Waals surface area contributed by atoms with Gasteiger partial charge in [0.15, 0.2) is 0 Å². The lowest BCUT2D eigenvalue weighted by molar-refractivity contribution is 0.460. The summed E-state index contributed by atoms with van der Waals surface area (Å²) in [4.78, 5) is 0. The summed E-state index contributed by atoms with van der Waals surface area (Å²) in [7, 11) is 0. The van der Waals surface area contributed by atoms with E-state index in [-0.39, 0.29) is 4.32 Å². The molecule has 0 heterocycles. The van der Waals surface area contributed by atoms with Crippen LogP contribution < -0.4 is 0 Å². The van der Waals surface area contributed by atoms with Crippen molar-refractivity contribution in [2.45, 2.75) is 45.4 Å². The van der Waals surface area contributed by atoms with Crippen molar-refractivity contribution in [3.63, 3.8) is 0 Å². The summed E-state index contributed by atoms with van der Waals surface area (Å²) in [6.45, 7) is 15.0. The van der Waals surface area contributed by atoms with E-state index in [4.69, 9.17) is 0 Å². The first-order valence-corrected chi connectivity index (χ1v) is 7.00. The third kappa shape index (κ3) is 2.82. The fraction of sp³-hybridized carbons (Fsp3) is 0.500. The molecule has 0 saturated heterocycles. The van der Waals surface area contributed by atoms with E-state index in [1.807, 2.05) is 6.08 Å². The molecule has 0 bridgehead atoms. The molecular formula is C16H23Br. The van der Waals surface area contributed by atoms with Gasteiger partial charge in [-0.1, -0.05) is 53.5 Å². The van der Waals surface area contributed by atoms with Gasteiger partial charge < -0.3 is 0 Å². The molecular weight excluding hydrogens is 272 g/mol. The maximum Gasteiger partial charge on any atom is 0.0568 e. The Morgan fingerprint density at radius 3 is 2.06 bits per heavy atom. The topological polar surface area (TPSA) is 0 Å². The highest BCUT2D eigenvalue weighted by Gasteiger charge is 2.34. The first-order valence-electron chi connectivity index (χ1n) is 6.21. The number of hydrogen-bond acceptors (Lipinski definition) is 0. The van der Waals surface area contributed by atoms with Crippen molar-refractivity contribution in [1.82, 2.24) is 0 Å². The zero-order valence-electron chi connectivity index (χ0n) is 11.6. The van der Waals surface area contributed by atoms with E-state index >= 15 is 0 Å². The Morgan fingerprint density at radius 1 is 1.24 bits per heavy atom. The first kappa shape index (κ1) is 14.5. The quantitative estimate of drug-likeness (QED) is 0.513. The molecule has 17 heavy (non-hydrogen) atoms. The maximum atomic E-state index is 3.97. The number of halogens is 1.